The maximum absolute atomic E-state index is 10.6. The average Bonchev–Trinajstić information content (AvgIpc) is 1.86. The summed E-state index contributed by atoms with van der Waals surface area (Å²) >= 11 is 2.17. The van der Waals surface area contributed by atoms with Crippen molar-refractivity contribution in [3.63, 3.8) is 0 Å². The summed E-state index contributed by atoms with van der Waals surface area (Å²) in [7, 11) is 0. The summed E-state index contributed by atoms with van der Waals surface area (Å²) in [6.45, 7) is 3.85. The first-order chi connectivity index (χ1) is 5.16. The molecule has 0 rings (SSSR count). The second-order valence-corrected chi connectivity index (χ2v) is 3.91. The molecule has 0 atom stereocenters. The number of carbonyl (C=O) groups is 1. The summed E-state index contributed by atoms with van der Waals surface area (Å²) in [5, 5.41) is 0. The molecule has 11 heavy (non-hydrogen) atoms. The Morgan fingerprint density at radius 2 is 2.18 bits per heavy atom. The van der Waals surface area contributed by atoms with Crippen LogP contribution in [-0.4, -0.2) is 28.5 Å². The van der Waals surface area contributed by atoms with Gasteiger partial charge in [0.15, 0.2) is 0 Å². The van der Waals surface area contributed by atoms with Crippen LogP contribution in [0.15, 0.2) is 0 Å². The fourth-order valence-electron chi connectivity index (χ4n) is 0.748. The van der Waals surface area contributed by atoms with Gasteiger partial charge >= 0.3 is 0 Å². The van der Waals surface area contributed by atoms with Crippen LogP contribution in [0, 0.1) is 0 Å². The highest BCUT2D eigenvalue weighted by Crippen LogP contribution is 2.01. The first-order valence-electron chi connectivity index (χ1n) is 3.77. The molecule has 2 N–H and O–H groups in total. The van der Waals surface area contributed by atoms with Crippen LogP contribution in [0.1, 0.15) is 19.8 Å². The predicted octanol–water partition coefficient (Wildman–Crippen LogP) is 0.966. The third-order valence-corrected chi connectivity index (χ3v) is 2.07. The molecule has 0 aliphatic carbocycles. The summed E-state index contributed by atoms with van der Waals surface area (Å²) in [6.07, 6.45) is 2.12. The third-order valence-electron chi connectivity index (χ3n) is 1.25. The van der Waals surface area contributed by atoms with Gasteiger partial charge in [-0.2, -0.15) is 0 Å². The lowest BCUT2D eigenvalue weighted by atomic mass is 10.3. The van der Waals surface area contributed by atoms with Gasteiger partial charge in [0, 0.05) is 29.4 Å². The van der Waals surface area contributed by atoms with Crippen LogP contribution in [-0.2, 0) is 4.79 Å². The van der Waals surface area contributed by atoms with Gasteiger partial charge in [0.1, 0.15) is 5.78 Å². The molecule has 0 radical (unpaired) electrons. The Labute approximate surface area is 81.8 Å². The van der Waals surface area contributed by atoms with Gasteiger partial charge in [-0.05, 0) is 26.3 Å². The van der Waals surface area contributed by atoms with E-state index in [2.05, 4.69) is 22.9 Å². The van der Waals surface area contributed by atoms with E-state index in [0.717, 1.165) is 25.9 Å². The lowest BCUT2D eigenvalue weighted by Crippen LogP contribution is -2.20. The lowest BCUT2D eigenvalue weighted by molar-refractivity contribution is -0.116. The van der Waals surface area contributed by atoms with E-state index in [1.807, 2.05) is 3.11 Å². The van der Waals surface area contributed by atoms with Gasteiger partial charge in [0.05, 0.1) is 6.54 Å². The number of unbranched alkanes of at least 4 members (excludes halogenated alkanes) is 1. The zero-order chi connectivity index (χ0) is 8.69. The number of nitrogens with two attached hydrogens (primary N) is 1. The SMILES string of the molecule is CC(=O)CN(I)CCCCN. The molecule has 0 saturated heterocycles. The number of carbonyl (C=O) groups excluding carboxylic acids is 1. The molecule has 0 unspecified atom stereocenters. The molecule has 0 aromatic heterocycles. The van der Waals surface area contributed by atoms with Gasteiger partial charge in [-0.25, -0.2) is 3.11 Å². The molecular formula is C7H15IN2O. The van der Waals surface area contributed by atoms with Crippen LogP contribution < -0.4 is 5.73 Å². The van der Waals surface area contributed by atoms with E-state index in [4.69, 9.17) is 5.73 Å². The van der Waals surface area contributed by atoms with E-state index in [0.29, 0.717) is 6.54 Å². The first kappa shape index (κ1) is 11.3. The second-order valence-electron chi connectivity index (χ2n) is 2.54. The summed E-state index contributed by atoms with van der Waals surface area (Å²) < 4.78 is 2.00. The zero-order valence-electron chi connectivity index (χ0n) is 6.85. The minimum Gasteiger partial charge on any atom is -0.330 e. The maximum Gasteiger partial charge on any atom is 0.144 e. The number of Topliss-reactive ketones (excluding diaryl/α,β-unsaturated/α-hetero) is 1. The van der Waals surface area contributed by atoms with Crippen molar-refractivity contribution in [3.05, 3.63) is 0 Å². The molecule has 3 nitrogen and oxygen atoms in total. The fraction of sp³-hybridized carbons (Fsp3) is 0.857. The Balaban J connectivity index is 3.22. The van der Waals surface area contributed by atoms with Crippen LogP contribution in [0.3, 0.4) is 0 Å². The van der Waals surface area contributed by atoms with E-state index < -0.39 is 0 Å². The Hall–Kier alpha value is 0.320. The molecule has 0 saturated carbocycles. The van der Waals surface area contributed by atoms with Gasteiger partial charge in [-0.3, -0.25) is 4.79 Å². The van der Waals surface area contributed by atoms with Crippen molar-refractivity contribution in [1.29, 1.82) is 0 Å². The standard InChI is InChI=1S/C7H15IN2O/c1-7(11)6-10(8)5-3-2-4-9/h2-6,9H2,1H3. The summed E-state index contributed by atoms with van der Waals surface area (Å²) in [4.78, 5) is 10.6. The zero-order valence-corrected chi connectivity index (χ0v) is 9.00. The topological polar surface area (TPSA) is 46.3 Å². The number of rotatable bonds is 6. The molecule has 0 aromatic rings. The van der Waals surface area contributed by atoms with Gasteiger partial charge in [-0.15, -0.1) is 0 Å². The molecule has 0 aromatic carbocycles. The first-order valence-corrected chi connectivity index (χ1v) is 4.73. The Morgan fingerprint density at radius 1 is 1.55 bits per heavy atom. The predicted molar refractivity (Wildman–Crippen MR) is 54.6 cm³/mol. The molecule has 0 bridgehead atoms. The van der Waals surface area contributed by atoms with Crippen LogP contribution in [0.5, 0.6) is 0 Å². The van der Waals surface area contributed by atoms with Crippen molar-refractivity contribution in [2.45, 2.75) is 19.8 Å². The molecule has 0 amide bonds. The van der Waals surface area contributed by atoms with Crippen molar-refractivity contribution in [1.82, 2.24) is 3.11 Å². The van der Waals surface area contributed by atoms with Crippen molar-refractivity contribution in [3.8, 4) is 0 Å². The average molecular weight is 270 g/mol. The number of ketones is 1. The van der Waals surface area contributed by atoms with Crippen molar-refractivity contribution in [2.75, 3.05) is 19.6 Å². The molecular weight excluding hydrogens is 255 g/mol. The Bertz CT molecular complexity index is 119. The summed E-state index contributed by atoms with van der Waals surface area (Å²) in [5.74, 6) is 0.215. The summed E-state index contributed by atoms with van der Waals surface area (Å²) in [5.41, 5.74) is 5.33. The van der Waals surface area contributed by atoms with Gasteiger partial charge in [0.25, 0.3) is 0 Å². The molecule has 0 aliphatic heterocycles. The van der Waals surface area contributed by atoms with Crippen LogP contribution in [0.2, 0.25) is 0 Å². The van der Waals surface area contributed by atoms with Crippen molar-refractivity contribution >= 4 is 28.6 Å². The number of hydrogen-bond donors (Lipinski definition) is 1. The number of halogens is 1. The van der Waals surface area contributed by atoms with E-state index in [9.17, 15) is 4.79 Å². The largest absolute Gasteiger partial charge is 0.330 e. The maximum atomic E-state index is 10.6. The fourth-order valence-corrected chi connectivity index (χ4v) is 1.57. The van der Waals surface area contributed by atoms with Gasteiger partial charge in [0.2, 0.25) is 0 Å². The molecule has 4 heteroatoms. The highest BCUT2D eigenvalue weighted by molar-refractivity contribution is 14.1. The Morgan fingerprint density at radius 3 is 2.64 bits per heavy atom. The lowest BCUT2D eigenvalue weighted by Gasteiger charge is -2.10. The van der Waals surface area contributed by atoms with E-state index in [1.165, 1.54) is 0 Å². The van der Waals surface area contributed by atoms with Crippen LogP contribution >= 0.6 is 22.9 Å². The van der Waals surface area contributed by atoms with Crippen molar-refractivity contribution < 1.29 is 4.79 Å². The number of hydrogen-bond acceptors (Lipinski definition) is 3. The van der Waals surface area contributed by atoms with Crippen LogP contribution in [0.4, 0.5) is 0 Å². The smallest absolute Gasteiger partial charge is 0.144 e. The third kappa shape index (κ3) is 8.22. The molecule has 0 fully saturated rings. The normalized spacial score (nSPS) is 10.5. The van der Waals surface area contributed by atoms with Crippen molar-refractivity contribution in [2.24, 2.45) is 5.73 Å². The molecule has 0 aliphatic rings. The highest BCUT2D eigenvalue weighted by Gasteiger charge is 2.01. The molecule has 0 heterocycles. The molecule has 0 spiro atoms. The minimum absolute atomic E-state index is 0.215. The quantitative estimate of drug-likeness (QED) is 0.444. The van der Waals surface area contributed by atoms with Gasteiger partial charge in [-0.1, -0.05) is 0 Å². The van der Waals surface area contributed by atoms with E-state index >= 15 is 0 Å². The second kappa shape index (κ2) is 7.00. The monoisotopic (exact) mass is 270 g/mol. The van der Waals surface area contributed by atoms with Crippen LogP contribution in [0.25, 0.3) is 0 Å². The van der Waals surface area contributed by atoms with Gasteiger partial charge < -0.3 is 5.73 Å². The van der Waals surface area contributed by atoms with E-state index in [-0.39, 0.29) is 5.78 Å². The minimum atomic E-state index is 0.215. The highest BCUT2D eigenvalue weighted by atomic mass is 127. The molecule has 66 valence electrons. The number of nitrogens with zero attached hydrogens (tertiary/aromatic N) is 1. The summed E-state index contributed by atoms with van der Waals surface area (Å²) in [6, 6.07) is 0. The Kier molecular flexibility index (Phi) is 7.20. The van der Waals surface area contributed by atoms with E-state index in [1.54, 1.807) is 6.92 Å².